The summed E-state index contributed by atoms with van der Waals surface area (Å²) in [5.41, 5.74) is 3.38. The van der Waals surface area contributed by atoms with Crippen molar-refractivity contribution in [2.75, 3.05) is 0 Å². The van der Waals surface area contributed by atoms with E-state index < -0.39 is 0 Å². The minimum absolute atomic E-state index is 0.154. The summed E-state index contributed by atoms with van der Waals surface area (Å²) in [5, 5.41) is 0. The van der Waals surface area contributed by atoms with Crippen molar-refractivity contribution in [1.82, 2.24) is 9.55 Å². The van der Waals surface area contributed by atoms with E-state index in [1.54, 1.807) is 28.8 Å². The molecule has 4 rings (SSSR count). The fourth-order valence-corrected chi connectivity index (χ4v) is 3.14. The van der Waals surface area contributed by atoms with E-state index in [4.69, 9.17) is 0 Å². The van der Waals surface area contributed by atoms with Crippen molar-refractivity contribution in [3.05, 3.63) is 82.4 Å². The van der Waals surface area contributed by atoms with Crippen LogP contribution in [-0.2, 0) is 0 Å². The van der Waals surface area contributed by atoms with Crippen LogP contribution in [0, 0.1) is 13.8 Å². The maximum atomic E-state index is 13.0. The lowest BCUT2D eigenvalue weighted by molar-refractivity contribution is 0.0972. The van der Waals surface area contributed by atoms with Gasteiger partial charge in [0.15, 0.2) is 0 Å². The van der Waals surface area contributed by atoms with Crippen LogP contribution >= 0.6 is 0 Å². The van der Waals surface area contributed by atoms with Gasteiger partial charge in [-0.15, -0.1) is 0 Å². The zero-order chi connectivity index (χ0) is 16.1. The molecule has 112 valence electrons. The molecule has 0 bridgehead atoms. The number of carbonyl (C=O) groups is 2. The molecule has 1 aromatic heterocycles. The van der Waals surface area contributed by atoms with Gasteiger partial charge in [0, 0.05) is 11.1 Å². The average Bonchev–Trinajstić information content (AvgIpc) is 2.91. The standard InChI is InChI=1S/C19H14N2O2/c1-11-7-3-6-10-15(11)21-12(2)20-16-17(21)19(23)14-9-5-4-8-13(14)18(16)22/h3-10H,1-2H3. The van der Waals surface area contributed by atoms with Gasteiger partial charge in [0.1, 0.15) is 17.2 Å². The van der Waals surface area contributed by atoms with E-state index in [-0.39, 0.29) is 17.3 Å². The Balaban J connectivity index is 2.04. The molecule has 4 heteroatoms. The zero-order valence-corrected chi connectivity index (χ0v) is 12.8. The van der Waals surface area contributed by atoms with Gasteiger partial charge in [0.25, 0.3) is 0 Å². The molecule has 23 heavy (non-hydrogen) atoms. The molecule has 4 nitrogen and oxygen atoms in total. The van der Waals surface area contributed by atoms with Crippen LogP contribution in [-0.4, -0.2) is 21.1 Å². The highest BCUT2D eigenvalue weighted by atomic mass is 16.1. The summed E-state index contributed by atoms with van der Waals surface area (Å²) < 4.78 is 1.79. The summed E-state index contributed by atoms with van der Waals surface area (Å²) in [4.78, 5) is 30.1. The van der Waals surface area contributed by atoms with Crippen molar-refractivity contribution in [3.8, 4) is 5.69 Å². The van der Waals surface area contributed by atoms with Crippen LogP contribution in [0.25, 0.3) is 5.69 Å². The van der Waals surface area contributed by atoms with Gasteiger partial charge in [0.2, 0.25) is 11.6 Å². The summed E-state index contributed by atoms with van der Waals surface area (Å²) >= 11 is 0. The normalized spacial score (nSPS) is 13.0. The van der Waals surface area contributed by atoms with E-state index in [9.17, 15) is 9.59 Å². The molecule has 0 spiro atoms. The van der Waals surface area contributed by atoms with Gasteiger partial charge in [0.05, 0.1) is 5.69 Å². The van der Waals surface area contributed by atoms with Gasteiger partial charge in [-0.25, -0.2) is 4.98 Å². The van der Waals surface area contributed by atoms with E-state index in [0.29, 0.717) is 22.6 Å². The molecule has 0 saturated heterocycles. The number of aromatic nitrogens is 2. The zero-order valence-electron chi connectivity index (χ0n) is 12.8. The largest absolute Gasteiger partial charge is 0.293 e. The van der Waals surface area contributed by atoms with E-state index in [1.807, 2.05) is 38.1 Å². The Morgan fingerprint density at radius 3 is 2.13 bits per heavy atom. The molecule has 0 aliphatic heterocycles. The molecule has 0 fully saturated rings. The van der Waals surface area contributed by atoms with Crippen LogP contribution in [0.2, 0.25) is 0 Å². The summed E-state index contributed by atoms with van der Waals surface area (Å²) in [6, 6.07) is 14.7. The SMILES string of the molecule is Cc1ccccc1-n1c(C)nc2c1C(=O)c1ccccc1C2=O. The molecular formula is C19H14N2O2. The lowest BCUT2D eigenvalue weighted by Gasteiger charge is -2.17. The minimum Gasteiger partial charge on any atom is -0.293 e. The Kier molecular flexibility index (Phi) is 2.81. The molecule has 2 aromatic carbocycles. The lowest BCUT2D eigenvalue weighted by Crippen LogP contribution is -2.23. The number of ketones is 2. The maximum absolute atomic E-state index is 13.0. The maximum Gasteiger partial charge on any atom is 0.214 e. The smallest absolute Gasteiger partial charge is 0.214 e. The Hall–Kier alpha value is -3.01. The molecule has 1 aliphatic rings. The minimum atomic E-state index is -0.189. The van der Waals surface area contributed by atoms with Crippen molar-refractivity contribution < 1.29 is 9.59 Å². The second-order valence-electron chi connectivity index (χ2n) is 5.68. The van der Waals surface area contributed by atoms with Crippen LogP contribution in [0.3, 0.4) is 0 Å². The van der Waals surface area contributed by atoms with E-state index in [0.717, 1.165) is 11.3 Å². The first kappa shape index (κ1) is 13.6. The first-order chi connectivity index (χ1) is 11.1. The number of aryl methyl sites for hydroxylation is 2. The molecule has 0 radical (unpaired) electrons. The number of carbonyl (C=O) groups excluding carboxylic acids is 2. The topological polar surface area (TPSA) is 52.0 Å². The molecule has 0 amide bonds. The van der Waals surface area contributed by atoms with E-state index >= 15 is 0 Å². The summed E-state index contributed by atoms with van der Waals surface area (Å²) in [6.45, 7) is 3.79. The molecule has 1 aliphatic carbocycles. The molecule has 3 aromatic rings. The lowest BCUT2D eigenvalue weighted by atomic mass is 9.90. The van der Waals surface area contributed by atoms with Crippen LogP contribution in [0.15, 0.2) is 48.5 Å². The number of hydrogen-bond acceptors (Lipinski definition) is 3. The molecule has 0 atom stereocenters. The van der Waals surface area contributed by atoms with Crippen LogP contribution in [0.1, 0.15) is 43.5 Å². The second kappa shape index (κ2) is 4.74. The summed E-state index contributed by atoms with van der Waals surface area (Å²) in [6.07, 6.45) is 0. The summed E-state index contributed by atoms with van der Waals surface area (Å²) in [5.74, 6) is 0.295. The Morgan fingerprint density at radius 2 is 1.43 bits per heavy atom. The molecule has 1 heterocycles. The second-order valence-corrected chi connectivity index (χ2v) is 5.68. The number of rotatable bonds is 1. The van der Waals surface area contributed by atoms with E-state index in [2.05, 4.69) is 4.98 Å². The third-order valence-electron chi connectivity index (χ3n) is 4.25. The predicted octanol–water partition coefficient (Wildman–Crippen LogP) is 3.26. The molecular weight excluding hydrogens is 288 g/mol. The highest BCUT2D eigenvalue weighted by molar-refractivity contribution is 6.27. The first-order valence-electron chi connectivity index (χ1n) is 7.43. The van der Waals surface area contributed by atoms with Crippen molar-refractivity contribution >= 4 is 11.6 Å². The van der Waals surface area contributed by atoms with Gasteiger partial charge >= 0.3 is 0 Å². The highest BCUT2D eigenvalue weighted by Gasteiger charge is 2.35. The van der Waals surface area contributed by atoms with E-state index in [1.165, 1.54) is 0 Å². The number of fused-ring (bicyclic) bond motifs is 2. The molecule has 0 unspecified atom stereocenters. The predicted molar refractivity (Wildman–Crippen MR) is 86.3 cm³/mol. The van der Waals surface area contributed by atoms with Gasteiger partial charge in [-0.1, -0.05) is 42.5 Å². The fourth-order valence-electron chi connectivity index (χ4n) is 3.14. The number of hydrogen-bond donors (Lipinski definition) is 0. The number of benzene rings is 2. The van der Waals surface area contributed by atoms with Crippen molar-refractivity contribution in [3.63, 3.8) is 0 Å². The molecule has 0 saturated carbocycles. The monoisotopic (exact) mass is 302 g/mol. The van der Waals surface area contributed by atoms with Gasteiger partial charge in [-0.05, 0) is 25.5 Å². The van der Waals surface area contributed by atoms with Crippen molar-refractivity contribution in [2.45, 2.75) is 13.8 Å². The average molecular weight is 302 g/mol. The Bertz CT molecular complexity index is 983. The third-order valence-corrected chi connectivity index (χ3v) is 4.25. The fraction of sp³-hybridized carbons (Fsp3) is 0.105. The van der Waals surface area contributed by atoms with Gasteiger partial charge in [-0.3, -0.25) is 14.2 Å². The number of para-hydroxylation sites is 1. The van der Waals surface area contributed by atoms with Gasteiger partial charge in [-0.2, -0.15) is 0 Å². The highest BCUT2D eigenvalue weighted by Crippen LogP contribution is 2.30. The van der Waals surface area contributed by atoms with Gasteiger partial charge < -0.3 is 0 Å². The van der Waals surface area contributed by atoms with Crippen LogP contribution < -0.4 is 0 Å². The number of imidazole rings is 1. The number of nitrogens with zero attached hydrogens (tertiary/aromatic N) is 2. The van der Waals surface area contributed by atoms with Crippen molar-refractivity contribution in [1.29, 1.82) is 0 Å². The molecule has 0 N–H and O–H groups in total. The Labute approximate surface area is 133 Å². The quantitative estimate of drug-likeness (QED) is 0.542. The summed E-state index contributed by atoms with van der Waals surface area (Å²) in [7, 11) is 0. The Morgan fingerprint density at radius 1 is 0.826 bits per heavy atom. The first-order valence-corrected chi connectivity index (χ1v) is 7.43. The van der Waals surface area contributed by atoms with Crippen LogP contribution in [0.4, 0.5) is 0 Å². The third kappa shape index (κ3) is 1.81. The van der Waals surface area contributed by atoms with Crippen LogP contribution in [0.5, 0.6) is 0 Å². The van der Waals surface area contributed by atoms with Crippen molar-refractivity contribution in [2.24, 2.45) is 0 Å².